The highest BCUT2D eigenvalue weighted by Crippen LogP contribution is 2.38. The van der Waals surface area contributed by atoms with E-state index < -0.39 is 17.3 Å². The van der Waals surface area contributed by atoms with Crippen molar-refractivity contribution in [2.75, 3.05) is 25.6 Å². The quantitative estimate of drug-likeness (QED) is 0.210. The van der Waals surface area contributed by atoms with Crippen LogP contribution in [0.3, 0.4) is 0 Å². The van der Waals surface area contributed by atoms with Gasteiger partial charge in [0.2, 0.25) is 0 Å². The van der Waals surface area contributed by atoms with Crippen molar-refractivity contribution < 1.29 is 13.9 Å². The van der Waals surface area contributed by atoms with Crippen molar-refractivity contribution >= 4 is 40.0 Å². The zero-order valence-electron chi connectivity index (χ0n) is 21.8. The van der Waals surface area contributed by atoms with Crippen molar-refractivity contribution in [1.29, 1.82) is 0 Å². The lowest BCUT2D eigenvalue weighted by Gasteiger charge is -2.34. The van der Waals surface area contributed by atoms with Crippen LogP contribution in [0.4, 0.5) is 15.3 Å². The molecule has 10 heteroatoms. The number of nitrogens with one attached hydrogen (secondary N) is 1. The van der Waals surface area contributed by atoms with Crippen LogP contribution >= 0.6 is 23.1 Å². The fraction of sp³-hybridized carbons (Fsp3) is 0.133. The topological polar surface area (TPSA) is 80.2 Å². The van der Waals surface area contributed by atoms with Gasteiger partial charge in [-0.1, -0.05) is 89.8 Å². The van der Waals surface area contributed by atoms with E-state index in [0.29, 0.717) is 5.13 Å². The molecule has 0 atom stereocenters. The van der Waals surface area contributed by atoms with Gasteiger partial charge in [-0.2, -0.15) is 0 Å². The monoisotopic (exact) mass is 571 g/mol. The summed E-state index contributed by atoms with van der Waals surface area (Å²) >= 11 is 2.59. The predicted octanol–water partition coefficient (Wildman–Crippen LogP) is 6.31. The standard InChI is InChI=1S/C30H26FN5O2S2/c1-36(24-15-9-10-17-32-24)29-34-19-25(40-29)39-23-16-18-33-27(26(23)31)28(37)35-20-30(38-2,21-11-5-3-6-12-21)22-13-7-4-8-14-22/h3-19H,20H2,1-2H3,(H,35,37). The first kappa shape index (κ1) is 27.4. The van der Waals surface area contributed by atoms with Gasteiger partial charge in [0.15, 0.2) is 16.6 Å². The Kier molecular flexibility index (Phi) is 8.49. The van der Waals surface area contributed by atoms with Crippen molar-refractivity contribution in [3.63, 3.8) is 0 Å². The number of carbonyl (C=O) groups is 1. The average molecular weight is 572 g/mol. The number of methoxy groups -OCH3 is 1. The largest absolute Gasteiger partial charge is 0.367 e. The Morgan fingerprint density at radius 2 is 1.62 bits per heavy atom. The second kappa shape index (κ2) is 12.4. The Labute approximate surface area is 240 Å². The maximum Gasteiger partial charge on any atom is 0.273 e. The van der Waals surface area contributed by atoms with Gasteiger partial charge in [-0.15, -0.1) is 0 Å². The second-order valence-corrected chi connectivity index (χ2v) is 11.1. The van der Waals surface area contributed by atoms with Crippen LogP contribution in [0.1, 0.15) is 21.6 Å². The molecular weight excluding hydrogens is 545 g/mol. The number of rotatable bonds is 10. The van der Waals surface area contributed by atoms with E-state index in [0.717, 1.165) is 21.2 Å². The van der Waals surface area contributed by atoms with Crippen molar-refractivity contribution in [2.45, 2.75) is 14.7 Å². The Bertz CT molecular complexity index is 1530. The minimum atomic E-state index is -0.973. The van der Waals surface area contributed by atoms with Crippen molar-refractivity contribution in [3.05, 3.63) is 126 Å². The van der Waals surface area contributed by atoms with E-state index in [-0.39, 0.29) is 17.1 Å². The van der Waals surface area contributed by atoms with Crippen LogP contribution in [-0.2, 0) is 10.3 Å². The molecule has 5 rings (SSSR count). The zero-order valence-corrected chi connectivity index (χ0v) is 23.5. The van der Waals surface area contributed by atoms with Crippen LogP contribution in [0.5, 0.6) is 0 Å². The molecule has 0 spiro atoms. The van der Waals surface area contributed by atoms with Gasteiger partial charge >= 0.3 is 0 Å². The fourth-order valence-corrected chi connectivity index (χ4v) is 6.17. The smallest absolute Gasteiger partial charge is 0.273 e. The van der Waals surface area contributed by atoms with Crippen molar-refractivity contribution in [3.8, 4) is 0 Å². The van der Waals surface area contributed by atoms with E-state index >= 15 is 4.39 Å². The number of aromatic nitrogens is 3. The van der Waals surface area contributed by atoms with Crippen molar-refractivity contribution in [2.24, 2.45) is 0 Å². The zero-order chi connectivity index (χ0) is 28.0. The number of hydrogen-bond acceptors (Lipinski definition) is 8. The Hall–Kier alpha value is -4.12. The normalized spacial score (nSPS) is 11.3. The van der Waals surface area contributed by atoms with Gasteiger partial charge in [-0.25, -0.2) is 19.3 Å². The highest BCUT2D eigenvalue weighted by molar-refractivity contribution is 8.01. The molecule has 0 saturated heterocycles. The number of anilines is 2. The predicted molar refractivity (Wildman–Crippen MR) is 156 cm³/mol. The first-order valence-electron chi connectivity index (χ1n) is 12.4. The third-order valence-electron chi connectivity index (χ3n) is 6.36. The molecule has 3 aromatic heterocycles. The van der Waals surface area contributed by atoms with E-state index in [2.05, 4.69) is 20.3 Å². The molecule has 0 radical (unpaired) electrons. The van der Waals surface area contributed by atoms with Crippen LogP contribution < -0.4 is 10.2 Å². The molecule has 0 saturated carbocycles. The molecule has 40 heavy (non-hydrogen) atoms. The lowest BCUT2D eigenvalue weighted by molar-refractivity contribution is 0.0219. The van der Waals surface area contributed by atoms with Gasteiger partial charge in [0.25, 0.3) is 5.91 Å². The van der Waals surface area contributed by atoms with Gasteiger partial charge in [0, 0.05) is 26.6 Å². The summed E-state index contributed by atoms with van der Waals surface area (Å²) in [6.07, 6.45) is 4.82. The van der Waals surface area contributed by atoms with Gasteiger partial charge in [0.1, 0.15) is 11.4 Å². The molecule has 202 valence electrons. The number of thiazole rings is 1. The summed E-state index contributed by atoms with van der Waals surface area (Å²) in [4.78, 5) is 28.2. The Morgan fingerprint density at radius 1 is 0.950 bits per heavy atom. The number of ether oxygens (including phenoxy) is 1. The number of hydrogen-bond donors (Lipinski definition) is 1. The van der Waals surface area contributed by atoms with E-state index in [1.54, 1.807) is 25.6 Å². The summed E-state index contributed by atoms with van der Waals surface area (Å²) in [5.41, 5.74) is 0.461. The first-order chi connectivity index (χ1) is 19.5. The molecule has 0 fully saturated rings. The molecule has 0 aliphatic rings. The molecule has 3 heterocycles. The summed E-state index contributed by atoms with van der Waals surface area (Å²) < 4.78 is 22.4. The fourth-order valence-electron chi connectivity index (χ4n) is 4.26. The SMILES string of the molecule is COC(CNC(=O)c1nccc(Sc2cnc(N(C)c3ccccn3)s2)c1F)(c1ccccc1)c1ccccc1. The average Bonchev–Trinajstić information content (AvgIpc) is 3.48. The van der Waals surface area contributed by atoms with Crippen LogP contribution in [0.2, 0.25) is 0 Å². The van der Waals surface area contributed by atoms with Crippen molar-refractivity contribution in [1.82, 2.24) is 20.3 Å². The van der Waals surface area contributed by atoms with E-state index in [1.165, 1.54) is 29.3 Å². The van der Waals surface area contributed by atoms with Gasteiger partial charge in [0.05, 0.1) is 21.8 Å². The molecule has 1 amide bonds. The van der Waals surface area contributed by atoms with Crippen LogP contribution in [0, 0.1) is 5.82 Å². The minimum absolute atomic E-state index is 0.0763. The summed E-state index contributed by atoms with van der Waals surface area (Å²) in [6, 6.07) is 26.4. The van der Waals surface area contributed by atoms with Gasteiger partial charge in [-0.05, 0) is 29.3 Å². The molecule has 0 aliphatic heterocycles. The molecule has 2 aromatic carbocycles. The molecule has 0 aliphatic carbocycles. The number of carbonyl (C=O) groups excluding carboxylic acids is 1. The number of amides is 1. The first-order valence-corrected chi connectivity index (χ1v) is 14.0. The summed E-state index contributed by atoms with van der Waals surface area (Å²) in [5, 5.41) is 3.57. The van der Waals surface area contributed by atoms with Crippen LogP contribution in [-0.4, -0.2) is 41.6 Å². The molecule has 1 N–H and O–H groups in total. The van der Waals surface area contributed by atoms with E-state index in [1.807, 2.05) is 90.8 Å². The number of benzene rings is 2. The lowest BCUT2D eigenvalue weighted by atomic mass is 9.86. The highest BCUT2D eigenvalue weighted by atomic mass is 32.2. The Balaban J connectivity index is 1.35. The number of nitrogens with zero attached hydrogens (tertiary/aromatic N) is 4. The van der Waals surface area contributed by atoms with Gasteiger partial charge < -0.3 is 15.0 Å². The maximum atomic E-state index is 15.6. The van der Waals surface area contributed by atoms with E-state index in [9.17, 15) is 4.79 Å². The number of pyridine rings is 2. The molecule has 0 bridgehead atoms. The lowest BCUT2D eigenvalue weighted by Crippen LogP contribution is -2.43. The second-order valence-electron chi connectivity index (χ2n) is 8.73. The maximum absolute atomic E-state index is 15.6. The highest BCUT2D eigenvalue weighted by Gasteiger charge is 2.35. The van der Waals surface area contributed by atoms with Crippen LogP contribution in [0.25, 0.3) is 0 Å². The summed E-state index contributed by atoms with van der Waals surface area (Å²) in [5.74, 6) is -0.575. The number of halogens is 1. The van der Waals surface area contributed by atoms with E-state index in [4.69, 9.17) is 4.74 Å². The molecule has 7 nitrogen and oxygen atoms in total. The molecular formula is C30H26FN5O2S2. The third-order valence-corrected chi connectivity index (χ3v) is 8.57. The minimum Gasteiger partial charge on any atom is -0.367 e. The van der Waals surface area contributed by atoms with Gasteiger partial charge in [-0.3, -0.25) is 4.79 Å². The summed E-state index contributed by atoms with van der Waals surface area (Å²) in [7, 11) is 3.47. The van der Waals surface area contributed by atoms with Crippen LogP contribution in [0.15, 0.2) is 113 Å². The summed E-state index contributed by atoms with van der Waals surface area (Å²) in [6.45, 7) is 0.0763. The molecule has 0 unspecified atom stereocenters. The third kappa shape index (κ3) is 5.74. The molecule has 5 aromatic rings. The Morgan fingerprint density at radius 3 is 2.25 bits per heavy atom.